The van der Waals surface area contributed by atoms with Gasteiger partial charge in [0, 0.05) is 39.8 Å². The molecule has 0 atom stereocenters. The molecule has 0 unspecified atom stereocenters. The maximum absolute atomic E-state index is 11.8. The predicted octanol–water partition coefficient (Wildman–Crippen LogP) is 2.50. The highest BCUT2D eigenvalue weighted by Gasteiger charge is 2.13. The second-order valence-electron chi connectivity index (χ2n) is 5.54. The number of benzene rings is 1. The molecule has 24 heavy (non-hydrogen) atoms. The molecular formula is C17H14N4O2S. The molecule has 3 heterocycles. The molecule has 0 aliphatic heterocycles. The zero-order chi connectivity index (χ0) is 16.7. The van der Waals surface area contributed by atoms with Crippen LogP contribution < -0.4 is 11.2 Å². The van der Waals surface area contributed by atoms with Crippen molar-refractivity contribution in [1.29, 1.82) is 0 Å². The molecule has 6 nitrogen and oxygen atoms in total. The third-order valence-corrected chi connectivity index (χ3v) is 4.74. The summed E-state index contributed by atoms with van der Waals surface area (Å²) in [5.41, 5.74) is 3.29. The lowest BCUT2D eigenvalue weighted by atomic mass is 10.1. The smallest absolute Gasteiger partial charge is 0.328 e. The molecular weight excluding hydrogens is 324 g/mol. The van der Waals surface area contributed by atoms with Crippen molar-refractivity contribution in [3.05, 3.63) is 73.4 Å². The minimum atomic E-state index is -0.428. The first-order valence-corrected chi connectivity index (χ1v) is 8.31. The van der Waals surface area contributed by atoms with Crippen LogP contribution in [0.5, 0.6) is 0 Å². The minimum Gasteiger partial charge on any atom is -0.358 e. The zero-order valence-corrected chi connectivity index (χ0v) is 13.7. The van der Waals surface area contributed by atoms with Gasteiger partial charge in [-0.05, 0) is 13.0 Å². The van der Waals surface area contributed by atoms with Gasteiger partial charge in [0.05, 0.1) is 12.2 Å². The SMILES string of the molecule is Cc1[nH]c2ccccc2c1-c1csc(Cn2ccc(=O)[nH]c2=O)n1. The first kappa shape index (κ1) is 14.6. The molecule has 0 bridgehead atoms. The summed E-state index contributed by atoms with van der Waals surface area (Å²) in [6.07, 6.45) is 1.49. The molecule has 1 aromatic carbocycles. The average molecular weight is 338 g/mol. The summed E-state index contributed by atoms with van der Waals surface area (Å²) in [6, 6.07) is 9.45. The number of nitrogens with zero attached hydrogens (tertiary/aromatic N) is 2. The molecule has 0 aliphatic carbocycles. The normalized spacial score (nSPS) is 11.2. The van der Waals surface area contributed by atoms with Gasteiger partial charge in [-0.3, -0.25) is 14.3 Å². The molecule has 0 radical (unpaired) electrons. The van der Waals surface area contributed by atoms with Gasteiger partial charge in [0.1, 0.15) is 5.01 Å². The molecule has 4 aromatic rings. The number of para-hydroxylation sites is 1. The second kappa shape index (κ2) is 5.61. The van der Waals surface area contributed by atoms with Crippen molar-refractivity contribution in [3.63, 3.8) is 0 Å². The van der Waals surface area contributed by atoms with Crippen LogP contribution in [0.15, 0.2) is 51.5 Å². The monoisotopic (exact) mass is 338 g/mol. The van der Waals surface area contributed by atoms with Crippen LogP contribution in [0.25, 0.3) is 22.2 Å². The highest BCUT2D eigenvalue weighted by atomic mass is 32.1. The third-order valence-electron chi connectivity index (χ3n) is 3.90. The van der Waals surface area contributed by atoms with Crippen LogP contribution in [0.4, 0.5) is 0 Å². The molecule has 0 saturated heterocycles. The first-order chi connectivity index (χ1) is 11.6. The van der Waals surface area contributed by atoms with Gasteiger partial charge >= 0.3 is 5.69 Å². The van der Waals surface area contributed by atoms with E-state index in [4.69, 9.17) is 0 Å². The molecule has 0 fully saturated rings. The number of aromatic amines is 2. The summed E-state index contributed by atoms with van der Waals surface area (Å²) in [5, 5.41) is 3.94. The minimum absolute atomic E-state index is 0.335. The van der Waals surface area contributed by atoms with E-state index in [0.717, 1.165) is 32.9 Å². The van der Waals surface area contributed by atoms with Gasteiger partial charge in [-0.25, -0.2) is 9.78 Å². The summed E-state index contributed by atoms with van der Waals surface area (Å²) in [5.74, 6) is 0. The molecule has 3 aromatic heterocycles. The lowest BCUT2D eigenvalue weighted by Crippen LogP contribution is -2.28. The molecule has 0 amide bonds. The predicted molar refractivity (Wildman–Crippen MR) is 94.6 cm³/mol. The summed E-state index contributed by atoms with van der Waals surface area (Å²) in [7, 11) is 0. The number of fused-ring (bicyclic) bond motifs is 1. The Kier molecular flexibility index (Phi) is 3.42. The molecule has 120 valence electrons. The number of nitrogens with one attached hydrogen (secondary N) is 2. The van der Waals surface area contributed by atoms with Gasteiger partial charge in [0.2, 0.25) is 0 Å². The van der Waals surface area contributed by atoms with Gasteiger partial charge in [0.15, 0.2) is 0 Å². The number of aryl methyl sites for hydroxylation is 1. The number of hydrogen-bond acceptors (Lipinski definition) is 4. The van der Waals surface area contributed by atoms with E-state index in [2.05, 4.69) is 21.0 Å². The summed E-state index contributed by atoms with van der Waals surface area (Å²) < 4.78 is 1.44. The molecule has 2 N–H and O–H groups in total. The standard InChI is InChI=1S/C17H14N4O2S/c1-10-16(11-4-2-3-5-12(11)18-10)13-9-24-15(19-13)8-21-7-6-14(22)20-17(21)23/h2-7,9,18H,8H2,1H3,(H,20,22,23). The van der Waals surface area contributed by atoms with Crippen molar-refractivity contribution in [2.45, 2.75) is 13.5 Å². The van der Waals surface area contributed by atoms with Gasteiger partial charge in [0.25, 0.3) is 5.56 Å². The largest absolute Gasteiger partial charge is 0.358 e. The van der Waals surface area contributed by atoms with Crippen LogP contribution >= 0.6 is 11.3 Å². The quantitative estimate of drug-likeness (QED) is 0.602. The van der Waals surface area contributed by atoms with Gasteiger partial charge < -0.3 is 4.98 Å². The van der Waals surface area contributed by atoms with Crippen molar-refractivity contribution < 1.29 is 0 Å². The van der Waals surface area contributed by atoms with Crippen molar-refractivity contribution in [3.8, 4) is 11.3 Å². The molecule has 0 spiro atoms. The number of hydrogen-bond donors (Lipinski definition) is 2. The van der Waals surface area contributed by atoms with Crippen molar-refractivity contribution >= 4 is 22.2 Å². The Morgan fingerprint density at radius 2 is 2.00 bits per heavy atom. The van der Waals surface area contributed by atoms with Gasteiger partial charge in [-0.2, -0.15) is 0 Å². The van der Waals surface area contributed by atoms with Gasteiger partial charge in [-0.1, -0.05) is 18.2 Å². The lowest BCUT2D eigenvalue weighted by Gasteiger charge is -2.01. The van der Waals surface area contributed by atoms with Crippen LogP contribution in [0.1, 0.15) is 10.7 Å². The number of H-pyrrole nitrogens is 2. The van der Waals surface area contributed by atoms with E-state index in [-0.39, 0.29) is 0 Å². The van der Waals surface area contributed by atoms with Crippen molar-refractivity contribution in [1.82, 2.24) is 19.5 Å². The van der Waals surface area contributed by atoms with E-state index in [1.807, 2.05) is 30.5 Å². The fourth-order valence-electron chi connectivity index (χ4n) is 2.82. The summed E-state index contributed by atoms with van der Waals surface area (Å²) >= 11 is 1.50. The molecule has 7 heteroatoms. The maximum atomic E-state index is 11.8. The third kappa shape index (κ3) is 2.48. The zero-order valence-electron chi connectivity index (χ0n) is 12.9. The Bertz CT molecular complexity index is 1150. The Morgan fingerprint density at radius 3 is 2.83 bits per heavy atom. The fourth-order valence-corrected chi connectivity index (χ4v) is 3.60. The summed E-state index contributed by atoms with van der Waals surface area (Å²) in [6.45, 7) is 2.36. The number of rotatable bonds is 3. The van der Waals surface area contributed by atoms with E-state index in [1.54, 1.807) is 0 Å². The first-order valence-electron chi connectivity index (χ1n) is 7.43. The van der Waals surface area contributed by atoms with E-state index in [9.17, 15) is 9.59 Å². The van der Waals surface area contributed by atoms with E-state index < -0.39 is 11.2 Å². The van der Waals surface area contributed by atoms with Crippen LogP contribution in [0.3, 0.4) is 0 Å². The second-order valence-corrected chi connectivity index (χ2v) is 6.48. The summed E-state index contributed by atoms with van der Waals surface area (Å²) in [4.78, 5) is 33.2. The Balaban J connectivity index is 1.73. The molecule has 0 saturated carbocycles. The lowest BCUT2D eigenvalue weighted by molar-refractivity contribution is 0.717. The Hall–Kier alpha value is -2.93. The van der Waals surface area contributed by atoms with Crippen LogP contribution in [-0.4, -0.2) is 19.5 Å². The maximum Gasteiger partial charge on any atom is 0.328 e. The van der Waals surface area contributed by atoms with Crippen LogP contribution in [0.2, 0.25) is 0 Å². The van der Waals surface area contributed by atoms with Gasteiger partial charge in [-0.15, -0.1) is 11.3 Å². The average Bonchev–Trinajstić information content (AvgIpc) is 3.13. The van der Waals surface area contributed by atoms with E-state index >= 15 is 0 Å². The Labute approximate surface area is 140 Å². The topological polar surface area (TPSA) is 83.5 Å². The van der Waals surface area contributed by atoms with Crippen LogP contribution in [-0.2, 0) is 6.54 Å². The number of thiazole rings is 1. The Morgan fingerprint density at radius 1 is 1.17 bits per heavy atom. The van der Waals surface area contributed by atoms with Crippen molar-refractivity contribution in [2.75, 3.05) is 0 Å². The van der Waals surface area contributed by atoms with E-state index in [1.165, 1.54) is 28.2 Å². The highest BCUT2D eigenvalue weighted by molar-refractivity contribution is 7.09. The molecule has 4 rings (SSSR count). The van der Waals surface area contributed by atoms with Crippen LogP contribution in [0, 0.1) is 6.92 Å². The molecule has 0 aliphatic rings. The highest BCUT2D eigenvalue weighted by Crippen LogP contribution is 2.32. The number of aromatic nitrogens is 4. The van der Waals surface area contributed by atoms with E-state index in [0.29, 0.717) is 6.54 Å². The van der Waals surface area contributed by atoms with Crippen molar-refractivity contribution in [2.24, 2.45) is 0 Å². The fraction of sp³-hybridized carbons (Fsp3) is 0.118.